The molecule has 1 unspecified atom stereocenters. The Morgan fingerprint density at radius 2 is 1.82 bits per heavy atom. The molecule has 0 spiro atoms. The largest absolute Gasteiger partial charge is 0.461 e. The van der Waals surface area contributed by atoms with E-state index in [0.29, 0.717) is 12.8 Å². The summed E-state index contributed by atoms with van der Waals surface area (Å²) in [6, 6.07) is 9.35. The second-order valence-electron chi connectivity index (χ2n) is 10.0. The van der Waals surface area contributed by atoms with Gasteiger partial charge >= 0.3 is 12.1 Å². The minimum atomic E-state index is -0.685. The summed E-state index contributed by atoms with van der Waals surface area (Å²) in [4.78, 5) is 50.9. The van der Waals surface area contributed by atoms with Crippen LogP contribution in [0.1, 0.15) is 59.4 Å². The van der Waals surface area contributed by atoms with Gasteiger partial charge in [0.15, 0.2) is 0 Å². The molecule has 188 valence electrons. The first-order valence-corrected chi connectivity index (χ1v) is 11.7. The lowest BCUT2D eigenvalue weighted by molar-refractivity contribution is -0.148. The second-order valence-corrected chi connectivity index (χ2v) is 10.0. The normalized spacial score (nSPS) is 16.9. The average Bonchev–Trinajstić information content (AvgIpc) is 3.11. The lowest BCUT2D eigenvalue weighted by Gasteiger charge is -2.23. The third-order valence-electron chi connectivity index (χ3n) is 5.27. The SMILES string of the molecule is CC(C)C[C@H](CC(=O)OCc1ccccc1)C(=O)NNCC1CCN(C(=O)OC(C)(C)C)C1=O. The molecule has 1 saturated heterocycles. The fraction of sp³-hybridized carbons (Fsp3) is 0.600. The Kier molecular flexibility index (Phi) is 10.0. The average molecular weight is 476 g/mol. The Morgan fingerprint density at radius 3 is 2.44 bits per heavy atom. The standard InChI is InChI=1S/C25H37N3O6/c1-17(2)13-20(14-21(29)33-16-18-9-7-6-8-10-18)22(30)27-26-15-19-11-12-28(23(19)31)24(32)34-25(3,4)5/h6-10,17,19-20,26H,11-16H2,1-5H3,(H,27,30)/t19?,20-/m1/s1. The summed E-state index contributed by atoms with van der Waals surface area (Å²) in [7, 11) is 0. The number of ether oxygens (including phenoxy) is 2. The molecule has 9 nitrogen and oxygen atoms in total. The summed E-state index contributed by atoms with van der Waals surface area (Å²) < 4.78 is 10.6. The Labute approximate surface area is 201 Å². The van der Waals surface area contributed by atoms with Crippen LogP contribution in [0, 0.1) is 17.8 Å². The maximum absolute atomic E-state index is 12.7. The molecule has 0 saturated carbocycles. The molecule has 1 aliphatic rings. The summed E-state index contributed by atoms with van der Waals surface area (Å²) >= 11 is 0. The molecule has 2 atom stereocenters. The number of hydrogen-bond acceptors (Lipinski definition) is 7. The zero-order valence-corrected chi connectivity index (χ0v) is 20.8. The van der Waals surface area contributed by atoms with Gasteiger partial charge in [-0.3, -0.25) is 19.8 Å². The highest BCUT2D eigenvalue weighted by atomic mass is 16.6. The Bertz CT molecular complexity index is 850. The van der Waals surface area contributed by atoms with E-state index in [1.54, 1.807) is 20.8 Å². The van der Waals surface area contributed by atoms with Crippen molar-refractivity contribution in [3.63, 3.8) is 0 Å². The van der Waals surface area contributed by atoms with Crippen LogP contribution in [0.2, 0.25) is 0 Å². The molecule has 0 aromatic heterocycles. The topological polar surface area (TPSA) is 114 Å². The van der Waals surface area contributed by atoms with Gasteiger partial charge in [0.2, 0.25) is 11.8 Å². The van der Waals surface area contributed by atoms with E-state index in [9.17, 15) is 19.2 Å². The van der Waals surface area contributed by atoms with E-state index in [-0.39, 0.29) is 43.8 Å². The van der Waals surface area contributed by atoms with E-state index in [4.69, 9.17) is 9.47 Å². The molecule has 3 amide bonds. The number of hydrogen-bond donors (Lipinski definition) is 2. The third-order valence-corrected chi connectivity index (χ3v) is 5.27. The fourth-order valence-electron chi connectivity index (χ4n) is 3.64. The van der Waals surface area contributed by atoms with Crippen molar-refractivity contribution in [3.8, 4) is 0 Å². The van der Waals surface area contributed by atoms with Crippen molar-refractivity contribution < 1.29 is 28.7 Å². The van der Waals surface area contributed by atoms with Crippen LogP contribution >= 0.6 is 0 Å². The number of nitrogens with zero attached hydrogens (tertiary/aromatic N) is 1. The van der Waals surface area contributed by atoms with Gasteiger partial charge in [-0.05, 0) is 45.1 Å². The highest BCUT2D eigenvalue weighted by Gasteiger charge is 2.37. The third kappa shape index (κ3) is 9.13. The Hall–Kier alpha value is -2.94. The molecule has 1 heterocycles. The smallest absolute Gasteiger partial charge is 0.417 e. The predicted octanol–water partition coefficient (Wildman–Crippen LogP) is 3.19. The van der Waals surface area contributed by atoms with E-state index in [0.717, 1.165) is 10.5 Å². The van der Waals surface area contributed by atoms with Crippen molar-refractivity contribution in [2.45, 2.75) is 66.1 Å². The Balaban J connectivity index is 1.81. The summed E-state index contributed by atoms with van der Waals surface area (Å²) in [5, 5.41) is 0. The van der Waals surface area contributed by atoms with Crippen molar-refractivity contribution in [2.24, 2.45) is 17.8 Å². The van der Waals surface area contributed by atoms with Gasteiger partial charge in [0.25, 0.3) is 0 Å². The first kappa shape index (κ1) is 27.3. The van der Waals surface area contributed by atoms with Crippen LogP contribution in [0.25, 0.3) is 0 Å². The van der Waals surface area contributed by atoms with Crippen LogP contribution in [-0.2, 0) is 30.5 Å². The number of rotatable bonds is 10. The maximum atomic E-state index is 12.7. The van der Waals surface area contributed by atoms with Gasteiger partial charge in [-0.1, -0.05) is 44.2 Å². The van der Waals surface area contributed by atoms with E-state index in [1.807, 2.05) is 44.2 Å². The number of hydrazine groups is 1. The molecule has 1 aromatic rings. The summed E-state index contributed by atoms with van der Waals surface area (Å²) in [6.45, 7) is 9.79. The zero-order chi connectivity index (χ0) is 25.3. The van der Waals surface area contributed by atoms with Gasteiger partial charge < -0.3 is 9.47 Å². The number of carbonyl (C=O) groups is 4. The molecule has 1 fully saturated rings. The van der Waals surface area contributed by atoms with Crippen LogP contribution in [0.4, 0.5) is 4.79 Å². The number of amides is 3. The van der Waals surface area contributed by atoms with Gasteiger partial charge in [-0.2, -0.15) is 0 Å². The van der Waals surface area contributed by atoms with Crippen molar-refractivity contribution in [3.05, 3.63) is 35.9 Å². The minimum absolute atomic E-state index is 0.0344. The summed E-state index contributed by atoms with van der Waals surface area (Å²) in [5.41, 5.74) is 5.61. The van der Waals surface area contributed by atoms with E-state index >= 15 is 0 Å². The number of imide groups is 1. The van der Waals surface area contributed by atoms with Crippen molar-refractivity contribution in [1.82, 2.24) is 15.8 Å². The maximum Gasteiger partial charge on any atom is 0.417 e. The van der Waals surface area contributed by atoms with Gasteiger partial charge in [-0.25, -0.2) is 15.1 Å². The van der Waals surface area contributed by atoms with Crippen LogP contribution in [0.15, 0.2) is 30.3 Å². The number of benzene rings is 1. The van der Waals surface area contributed by atoms with E-state index in [1.165, 1.54) is 0 Å². The monoisotopic (exact) mass is 475 g/mol. The quantitative estimate of drug-likeness (QED) is 0.395. The van der Waals surface area contributed by atoms with Gasteiger partial charge in [0.05, 0.1) is 12.3 Å². The zero-order valence-electron chi connectivity index (χ0n) is 20.8. The Morgan fingerprint density at radius 1 is 1.15 bits per heavy atom. The minimum Gasteiger partial charge on any atom is -0.461 e. The molecule has 34 heavy (non-hydrogen) atoms. The molecule has 0 bridgehead atoms. The van der Waals surface area contributed by atoms with Crippen LogP contribution in [-0.4, -0.2) is 47.5 Å². The molecule has 2 N–H and O–H groups in total. The lowest BCUT2D eigenvalue weighted by Crippen LogP contribution is -2.46. The molecule has 9 heteroatoms. The van der Waals surface area contributed by atoms with Crippen molar-refractivity contribution in [1.29, 1.82) is 0 Å². The van der Waals surface area contributed by atoms with Crippen LogP contribution < -0.4 is 10.9 Å². The summed E-state index contributed by atoms with van der Waals surface area (Å²) in [5.74, 6) is -1.92. The highest BCUT2D eigenvalue weighted by molar-refractivity contribution is 5.95. The van der Waals surface area contributed by atoms with E-state index < -0.39 is 29.5 Å². The van der Waals surface area contributed by atoms with Crippen LogP contribution in [0.5, 0.6) is 0 Å². The van der Waals surface area contributed by atoms with Gasteiger partial charge in [0, 0.05) is 19.0 Å². The van der Waals surface area contributed by atoms with Crippen LogP contribution in [0.3, 0.4) is 0 Å². The number of nitrogens with one attached hydrogen (secondary N) is 2. The molecule has 0 aliphatic carbocycles. The van der Waals surface area contributed by atoms with Gasteiger partial charge in [-0.15, -0.1) is 0 Å². The van der Waals surface area contributed by atoms with Gasteiger partial charge in [0.1, 0.15) is 12.2 Å². The number of carbonyl (C=O) groups excluding carboxylic acids is 4. The first-order chi connectivity index (χ1) is 16.0. The highest BCUT2D eigenvalue weighted by Crippen LogP contribution is 2.21. The number of likely N-dealkylation sites (tertiary alicyclic amines) is 1. The molecule has 1 aromatic carbocycles. The predicted molar refractivity (Wildman–Crippen MR) is 126 cm³/mol. The molecule has 1 aliphatic heterocycles. The number of esters is 1. The molecular formula is C25H37N3O6. The van der Waals surface area contributed by atoms with Crippen molar-refractivity contribution >= 4 is 23.9 Å². The lowest BCUT2D eigenvalue weighted by atomic mass is 9.93. The molecular weight excluding hydrogens is 438 g/mol. The fourth-order valence-corrected chi connectivity index (χ4v) is 3.64. The van der Waals surface area contributed by atoms with E-state index in [2.05, 4.69) is 10.9 Å². The van der Waals surface area contributed by atoms with Crippen molar-refractivity contribution in [2.75, 3.05) is 13.1 Å². The first-order valence-electron chi connectivity index (χ1n) is 11.7. The molecule has 0 radical (unpaired) electrons. The summed E-state index contributed by atoms with van der Waals surface area (Å²) in [6.07, 6.45) is 0.299. The second kappa shape index (κ2) is 12.5. The molecule has 2 rings (SSSR count).